The lowest BCUT2D eigenvalue weighted by Gasteiger charge is -2.06. The van der Waals surface area contributed by atoms with E-state index in [0.717, 1.165) is 16.3 Å². The fourth-order valence-electron chi connectivity index (χ4n) is 2.17. The molecule has 0 aliphatic heterocycles. The molecule has 0 fully saturated rings. The number of hydrogen-bond acceptors (Lipinski definition) is 4. The smallest absolute Gasteiger partial charge is 0.275 e. The highest BCUT2D eigenvalue weighted by Gasteiger charge is 2.13. The lowest BCUT2D eigenvalue weighted by molar-refractivity contribution is 0.102. The van der Waals surface area contributed by atoms with Crippen LogP contribution in [-0.2, 0) is 6.61 Å². The van der Waals surface area contributed by atoms with Gasteiger partial charge in [-0.25, -0.2) is 4.98 Å². The summed E-state index contributed by atoms with van der Waals surface area (Å²) in [6.07, 6.45) is 0. The Morgan fingerprint density at radius 2 is 1.88 bits per heavy atom. The zero-order valence-corrected chi connectivity index (χ0v) is 15.4. The molecule has 0 saturated heterocycles. The highest BCUT2D eigenvalue weighted by Crippen LogP contribution is 2.23. The van der Waals surface area contributed by atoms with Gasteiger partial charge in [-0.1, -0.05) is 35.4 Å². The first-order valence-corrected chi connectivity index (χ1v) is 8.98. The van der Waals surface area contributed by atoms with Crippen molar-refractivity contribution in [1.29, 1.82) is 0 Å². The van der Waals surface area contributed by atoms with E-state index < -0.39 is 0 Å². The number of benzene rings is 2. The van der Waals surface area contributed by atoms with Gasteiger partial charge in [0, 0.05) is 5.38 Å². The third-order valence-corrected chi connectivity index (χ3v) is 4.68. The van der Waals surface area contributed by atoms with Gasteiger partial charge in [0.2, 0.25) is 0 Å². The number of hydrogen-bond donors (Lipinski definition) is 1. The average Bonchev–Trinajstić information content (AvgIpc) is 3.06. The minimum atomic E-state index is -0.288. The maximum atomic E-state index is 12.3. The highest BCUT2D eigenvalue weighted by molar-refractivity contribution is 7.09. The first-order valence-electron chi connectivity index (χ1n) is 7.72. The topological polar surface area (TPSA) is 51.2 Å². The van der Waals surface area contributed by atoms with Crippen molar-refractivity contribution in [3.05, 3.63) is 74.7 Å². The van der Waals surface area contributed by atoms with Crippen LogP contribution in [0.5, 0.6) is 5.75 Å². The summed E-state index contributed by atoms with van der Waals surface area (Å²) in [5.74, 6) is 0.488. The zero-order valence-electron chi connectivity index (χ0n) is 13.9. The first-order chi connectivity index (χ1) is 12.0. The zero-order chi connectivity index (χ0) is 17.8. The molecule has 1 heterocycles. The molecule has 0 atom stereocenters. The number of carbonyl (C=O) groups excluding carboxylic acids is 1. The molecule has 0 spiro atoms. The second-order valence-corrected chi connectivity index (χ2v) is 7.02. The molecule has 4 nitrogen and oxygen atoms in total. The van der Waals surface area contributed by atoms with Crippen LogP contribution < -0.4 is 10.1 Å². The normalized spacial score (nSPS) is 10.5. The number of rotatable bonds is 5. The van der Waals surface area contributed by atoms with Gasteiger partial charge in [-0.05, 0) is 43.7 Å². The van der Waals surface area contributed by atoms with Crippen molar-refractivity contribution in [2.75, 3.05) is 5.32 Å². The molecule has 25 heavy (non-hydrogen) atoms. The van der Waals surface area contributed by atoms with Crippen LogP contribution in [0.15, 0.2) is 47.8 Å². The third-order valence-electron chi connectivity index (χ3n) is 3.54. The maximum Gasteiger partial charge on any atom is 0.275 e. The number of ether oxygens (including phenoxy) is 1. The molecule has 0 bridgehead atoms. The van der Waals surface area contributed by atoms with Crippen molar-refractivity contribution in [2.24, 2.45) is 0 Å². The van der Waals surface area contributed by atoms with Crippen LogP contribution in [-0.4, -0.2) is 10.9 Å². The van der Waals surface area contributed by atoms with Crippen LogP contribution in [0.3, 0.4) is 0 Å². The minimum absolute atomic E-state index is 0.288. The second kappa shape index (κ2) is 7.68. The molecular formula is C19H17ClN2O2S. The lowest BCUT2D eigenvalue weighted by Crippen LogP contribution is -2.13. The number of amides is 1. The molecule has 0 aliphatic carbocycles. The van der Waals surface area contributed by atoms with Gasteiger partial charge >= 0.3 is 0 Å². The van der Waals surface area contributed by atoms with Crippen molar-refractivity contribution in [3.8, 4) is 5.75 Å². The van der Waals surface area contributed by atoms with Crippen LogP contribution in [0.1, 0.15) is 26.6 Å². The highest BCUT2D eigenvalue weighted by atomic mass is 35.5. The monoisotopic (exact) mass is 372 g/mol. The number of nitrogens with zero attached hydrogens (tertiary/aromatic N) is 1. The molecule has 1 aromatic heterocycles. The SMILES string of the molecule is Cc1ccc(OCc2nc(C(=O)Nc3ccc(C)cc3Cl)cs2)cc1. The molecule has 128 valence electrons. The molecule has 0 saturated carbocycles. The number of aromatic nitrogens is 1. The third kappa shape index (κ3) is 4.59. The summed E-state index contributed by atoms with van der Waals surface area (Å²) >= 11 is 7.53. The van der Waals surface area contributed by atoms with Crippen LogP contribution in [0.4, 0.5) is 5.69 Å². The largest absolute Gasteiger partial charge is 0.486 e. The molecule has 3 rings (SSSR count). The Bertz CT molecular complexity index is 891. The molecule has 3 aromatic rings. The molecule has 0 unspecified atom stereocenters. The number of halogens is 1. The van der Waals surface area contributed by atoms with E-state index in [-0.39, 0.29) is 5.91 Å². The molecule has 1 amide bonds. The van der Waals surface area contributed by atoms with E-state index in [0.29, 0.717) is 23.0 Å². The Labute approximate surface area is 155 Å². The number of thiazole rings is 1. The van der Waals surface area contributed by atoms with Crippen molar-refractivity contribution in [1.82, 2.24) is 4.98 Å². The van der Waals surface area contributed by atoms with Gasteiger partial charge in [0.15, 0.2) is 0 Å². The number of anilines is 1. The number of nitrogens with one attached hydrogen (secondary N) is 1. The minimum Gasteiger partial charge on any atom is -0.486 e. The van der Waals surface area contributed by atoms with Gasteiger partial charge in [0.05, 0.1) is 10.7 Å². The van der Waals surface area contributed by atoms with E-state index >= 15 is 0 Å². The number of aryl methyl sites for hydroxylation is 2. The van der Waals surface area contributed by atoms with Crippen molar-refractivity contribution < 1.29 is 9.53 Å². The van der Waals surface area contributed by atoms with Crippen molar-refractivity contribution in [2.45, 2.75) is 20.5 Å². The fourth-order valence-corrected chi connectivity index (χ4v) is 3.14. The van der Waals surface area contributed by atoms with Gasteiger partial charge in [0.25, 0.3) is 5.91 Å². The maximum absolute atomic E-state index is 12.3. The van der Waals surface area contributed by atoms with Gasteiger partial charge < -0.3 is 10.1 Å². The standard InChI is InChI=1S/C19H17ClN2O2S/c1-12-3-6-14(7-4-12)24-10-18-21-17(11-25-18)19(23)22-16-8-5-13(2)9-15(16)20/h3-9,11H,10H2,1-2H3,(H,22,23). The second-order valence-electron chi connectivity index (χ2n) is 5.67. The lowest BCUT2D eigenvalue weighted by atomic mass is 10.2. The summed E-state index contributed by atoms with van der Waals surface area (Å²) in [5, 5.41) is 5.74. The van der Waals surface area contributed by atoms with Gasteiger partial charge in [-0.2, -0.15) is 0 Å². The predicted octanol–water partition coefficient (Wildman–Crippen LogP) is 5.24. The van der Waals surface area contributed by atoms with E-state index in [1.807, 2.05) is 44.2 Å². The van der Waals surface area contributed by atoms with Gasteiger partial charge in [-0.15, -0.1) is 11.3 Å². The predicted molar refractivity (Wildman–Crippen MR) is 102 cm³/mol. The first kappa shape index (κ1) is 17.5. The fraction of sp³-hybridized carbons (Fsp3) is 0.158. The Hall–Kier alpha value is -2.37. The summed E-state index contributed by atoms with van der Waals surface area (Å²) in [6, 6.07) is 13.3. The quantitative estimate of drug-likeness (QED) is 0.665. The van der Waals surface area contributed by atoms with Crippen LogP contribution in [0, 0.1) is 13.8 Å². The Kier molecular flexibility index (Phi) is 5.36. The van der Waals surface area contributed by atoms with Crippen LogP contribution >= 0.6 is 22.9 Å². The van der Waals surface area contributed by atoms with E-state index in [1.165, 1.54) is 16.9 Å². The molecular weight excluding hydrogens is 356 g/mol. The van der Waals surface area contributed by atoms with E-state index in [4.69, 9.17) is 16.3 Å². The van der Waals surface area contributed by atoms with Gasteiger partial charge in [0.1, 0.15) is 23.1 Å². The van der Waals surface area contributed by atoms with E-state index in [1.54, 1.807) is 17.5 Å². The molecule has 2 aromatic carbocycles. The summed E-state index contributed by atoms with van der Waals surface area (Å²) in [6.45, 7) is 4.29. The van der Waals surface area contributed by atoms with E-state index in [2.05, 4.69) is 10.3 Å². The summed E-state index contributed by atoms with van der Waals surface area (Å²) in [4.78, 5) is 16.6. The molecule has 1 N–H and O–H groups in total. The number of carbonyl (C=O) groups is 1. The average molecular weight is 373 g/mol. The van der Waals surface area contributed by atoms with Gasteiger partial charge in [-0.3, -0.25) is 4.79 Å². The Balaban J connectivity index is 1.62. The van der Waals surface area contributed by atoms with Crippen LogP contribution in [0.25, 0.3) is 0 Å². The summed E-state index contributed by atoms with van der Waals surface area (Å²) in [7, 11) is 0. The summed E-state index contributed by atoms with van der Waals surface area (Å²) < 4.78 is 5.69. The molecule has 0 radical (unpaired) electrons. The Morgan fingerprint density at radius 3 is 2.60 bits per heavy atom. The van der Waals surface area contributed by atoms with Crippen LogP contribution in [0.2, 0.25) is 5.02 Å². The molecule has 0 aliphatic rings. The molecule has 6 heteroatoms. The van der Waals surface area contributed by atoms with E-state index in [9.17, 15) is 4.79 Å². The van der Waals surface area contributed by atoms with Crippen molar-refractivity contribution in [3.63, 3.8) is 0 Å². The van der Waals surface area contributed by atoms with Crippen molar-refractivity contribution >= 4 is 34.5 Å². The Morgan fingerprint density at radius 1 is 1.16 bits per heavy atom. The summed E-state index contributed by atoms with van der Waals surface area (Å²) in [5.41, 5.74) is 3.13.